The zero-order chi connectivity index (χ0) is 12.7. The van der Waals surface area contributed by atoms with Gasteiger partial charge in [0.2, 0.25) is 0 Å². The lowest BCUT2D eigenvalue weighted by molar-refractivity contribution is 0.590. The predicted molar refractivity (Wildman–Crippen MR) is 68.6 cm³/mol. The van der Waals surface area contributed by atoms with Crippen molar-refractivity contribution in [1.82, 2.24) is 14.9 Å². The molecule has 98 valence electrons. The molecule has 0 aliphatic carbocycles. The van der Waals surface area contributed by atoms with Crippen molar-refractivity contribution < 1.29 is 8.42 Å². The molecule has 17 heavy (non-hydrogen) atoms. The molecule has 0 atom stereocenters. The van der Waals surface area contributed by atoms with E-state index < -0.39 is 9.84 Å². The van der Waals surface area contributed by atoms with Crippen molar-refractivity contribution in [3.63, 3.8) is 0 Å². The van der Waals surface area contributed by atoms with Crippen LogP contribution < -0.4 is 5.32 Å². The van der Waals surface area contributed by atoms with Gasteiger partial charge in [0.15, 0.2) is 9.84 Å². The highest BCUT2D eigenvalue weighted by Gasteiger charge is 2.07. The third-order valence-corrected chi connectivity index (χ3v) is 4.20. The molecule has 0 saturated carbocycles. The fourth-order valence-corrected chi connectivity index (χ4v) is 2.18. The maximum Gasteiger partial charge on any atom is 0.151 e. The second kappa shape index (κ2) is 6.76. The number of aromatic nitrogens is 2. The van der Waals surface area contributed by atoms with Crippen molar-refractivity contribution in [2.24, 2.45) is 0 Å². The normalized spacial score (nSPS) is 11.9. The number of imidazole rings is 1. The van der Waals surface area contributed by atoms with E-state index >= 15 is 0 Å². The topological polar surface area (TPSA) is 64.0 Å². The molecular formula is C11H21N3O2S. The molecule has 0 fully saturated rings. The molecule has 1 heterocycles. The van der Waals surface area contributed by atoms with Gasteiger partial charge in [-0.15, -0.1) is 0 Å². The lowest BCUT2D eigenvalue weighted by atomic mass is 10.4. The van der Waals surface area contributed by atoms with Crippen LogP contribution in [0.2, 0.25) is 0 Å². The number of hydrogen-bond acceptors (Lipinski definition) is 4. The Labute approximate surface area is 103 Å². The molecule has 0 aromatic carbocycles. The van der Waals surface area contributed by atoms with Gasteiger partial charge in [-0.3, -0.25) is 0 Å². The quantitative estimate of drug-likeness (QED) is 0.702. The van der Waals surface area contributed by atoms with Crippen molar-refractivity contribution in [3.8, 4) is 0 Å². The van der Waals surface area contributed by atoms with Crippen LogP contribution in [0.1, 0.15) is 26.0 Å². The minimum absolute atomic E-state index is 0.182. The van der Waals surface area contributed by atoms with Gasteiger partial charge in [-0.2, -0.15) is 0 Å². The maximum atomic E-state index is 11.3. The van der Waals surface area contributed by atoms with Gasteiger partial charge in [-0.25, -0.2) is 13.4 Å². The summed E-state index contributed by atoms with van der Waals surface area (Å²) in [5.74, 6) is 0.383. The Morgan fingerprint density at radius 3 is 2.82 bits per heavy atom. The maximum absolute atomic E-state index is 11.3. The van der Waals surface area contributed by atoms with Crippen molar-refractivity contribution in [2.75, 3.05) is 18.1 Å². The van der Waals surface area contributed by atoms with Crippen LogP contribution in [0.4, 0.5) is 0 Å². The number of sulfone groups is 1. The Morgan fingerprint density at radius 2 is 2.18 bits per heavy atom. The molecule has 5 nitrogen and oxygen atoms in total. The minimum atomic E-state index is -2.89. The summed E-state index contributed by atoms with van der Waals surface area (Å²) < 4.78 is 24.5. The van der Waals surface area contributed by atoms with Gasteiger partial charge >= 0.3 is 0 Å². The van der Waals surface area contributed by atoms with Gasteiger partial charge in [0.25, 0.3) is 0 Å². The van der Waals surface area contributed by atoms with Crippen LogP contribution in [0, 0.1) is 0 Å². The molecule has 0 bridgehead atoms. The summed E-state index contributed by atoms with van der Waals surface area (Å²) in [7, 11) is -2.89. The van der Waals surface area contributed by atoms with Gasteiger partial charge in [-0.05, 0) is 13.0 Å². The van der Waals surface area contributed by atoms with Crippen LogP contribution in [-0.4, -0.2) is 36.0 Å². The number of nitrogens with zero attached hydrogens (tertiary/aromatic N) is 2. The smallest absolute Gasteiger partial charge is 0.151 e. The number of nitrogens with one attached hydrogen (secondary N) is 1. The van der Waals surface area contributed by atoms with Gasteiger partial charge in [-0.1, -0.05) is 13.8 Å². The minimum Gasteiger partial charge on any atom is -0.336 e. The highest BCUT2D eigenvalue weighted by Crippen LogP contribution is 1.98. The van der Waals surface area contributed by atoms with Crippen molar-refractivity contribution in [2.45, 2.75) is 33.4 Å². The first-order valence-electron chi connectivity index (χ1n) is 5.99. The first-order chi connectivity index (χ1) is 8.07. The zero-order valence-corrected chi connectivity index (χ0v) is 11.3. The van der Waals surface area contributed by atoms with Crippen LogP contribution in [0.5, 0.6) is 0 Å². The Hall–Kier alpha value is -0.880. The van der Waals surface area contributed by atoms with Crippen LogP contribution in [0.3, 0.4) is 0 Å². The Kier molecular flexibility index (Phi) is 5.64. The molecule has 0 amide bonds. The van der Waals surface area contributed by atoms with Gasteiger partial charge in [0.05, 0.1) is 17.8 Å². The van der Waals surface area contributed by atoms with Crippen LogP contribution in [-0.2, 0) is 22.9 Å². The van der Waals surface area contributed by atoms with E-state index in [1.54, 1.807) is 13.3 Å². The molecule has 0 radical (unpaired) electrons. The van der Waals surface area contributed by atoms with E-state index in [4.69, 9.17) is 0 Å². The Bertz CT molecular complexity index is 426. The molecule has 1 rings (SSSR count). The van der Waals surface area contributed by atoms with Crippen LogP contribution >= 0.6 is 0 Å². The standard InChI is InChI=1S/C11H21N3O2S/c1-3-5-12-8-11-9-14(10-13-11)6-7-17(15,16)4-2/h9-10,12H,3-8H2,1-2H3. The van der Waals surface area contributed by atoms with Gasteiger partial charge in [0.1, 0.15) is 0 Å². The monoisotopic (exact) mass is 259 g/mol. The van der Waals surface area contributed by atoms with E-state index in [0.717, 1.165) is 25.2 Å². The van der Waals surface area contributed by atoms with Crippen LogP contribution in [0.15, 0.2) is 12.5 Å². The van der Waals surface area contributed by atoms with E-state index in [2.05, 4.69) is 17.2 Å². The SMILES string of the molecule is CCCNCc1cn(CCS(=O)(=O)CC)cn1. The molecule has 0 aliphatic rings. The summed E-state index contributed by atoms with van der Waals surface area (Å²) >= 11 is 0. The Balaban J connectivity index is 2.40. The van der Waals surface area contributed by atoms with Crippen molar-refractivity contribution in [1.29, 1.82) is 0 Å². The van der Waals surface area contributed by atoms with E-state index in [-0.39, 0.29) is 11.5 Å². The third kappa shape index (κ3) is 5.32. The lowest BCUT2D eigenvalue weighted by Crippen LogP contribution is -2.14. The van der Waals surface area contributed by atoms with E-state index in [1.165, 1.54) is 0 Å². The fourth-order valence-electron chi connectivity index (χ4n) is 1.40. The first kappa shape index (κ1) is 14.2. The lowest BCUT2D eigenvalue weighted by Gasteiger charge is -2.02. The second-order valence-electron chi connectivity index (χ2n) is 4.02. The second-order valence-corrected chi connectivity index (χ2v) is 6.49. The molecule has 1 aromatic heterocycles. The molecule has 0 aliphatic heterocycles. The highest BCUT2D eigenvalue weighted by molar-refractivity contribution is 7.91. The zero-order valence-electron chi connectivity index (χ0n) is 10.5. The molecular weight excluding hydrogens is 238 g/mol. The summed E-state index contributed by atoms with van der Waals surface area (Å²) in [5, 5.41) is 3.25. The fraction of sp³-hybridized carbons (Fsp3) is 0.727. The molecule has 0 unspecified atom stereocenters. The number of hydrogen-bond donors (Lipinski definition) is 1. The summed E-state index contributed by atoms with van der Waals surface area (Å²) in [6.45, 7) is 5.97. The molecule has 1 N–H and O–H groups in total. The van der Waals surface area contributed by atoms with E-state index in [1.807, 2.05) is 10.8 Å². The van der Waals surface area contributed by atoms with Crippen LogP contribution in [0.25, 0.3) is 0 Å². The molecule has 0 spiro atoms. The average molecular weight is 259 g/mol. The van der Waals surface area contributed by atoms with Gasteiger partial charge in [0, 0.05) is 25.0 Å². The summed E-state index contributed by atoms with van der Waals surface area (Å²) in [4.78, 5) is 4.22. The average Bonchev–Trinajstić information content (AvgIpc) is 2.75. The van der Waals surface area contributed by atoms with E-state index in [9.17, 15) is 8.42 Å². The summed E-state index contributed by atoms with van der Waals surface area (Å²) in [6, 6.07) is 0. The molecule has 0 saturated heterocycles. The third-order valence-electron chi connectivity index (χ3n) is 2.52. The number of rotatable bonds is 8. The number of aryl methyl sites for hydroxylation is 1. The predicted octanol–water partition coefficient (Wildman–Crippen LogP) is 0.817. The first-order valence-corrected chi connectivity index (χ1v) is 7.81. The van der Waals surface area contributed by atoms with Crippen molar-refractivity contribution in [3.05, 3.63) is 18.2 Å². The summed E-state index contributed by atoms with van der Waals surface area (Å²) in [5.41, 5.74) is 0.951. The van der Waals surface area contributed by atoms with E-state index in [0.29, 0.717) is 6.54 Å². The Morgan fingerprint density at radius 1 is 1.41 bits per heavy atom. The molecule has 1 aromatic rings. The largest absolute Gasteiger partial charge is 0.336 e. The highest BCUT2D eigenvalue weighted by atomic mass is 32.2. The summed E-state index contributed by atoms with van der Waals surface area (Å²) in [6.07, 6.45) is 4.68. The van der Waals surface area contributed by atoms with Crippen molar-refractivity contribution >= 4 is 9.84 Å². The van der Waals surface area contributed by atoms with Gasteiger partial charge < -0.3 is 9.88 Å². The molecule has 6 heteroatoms.